The molecule has 0 saturated carbocycles. The molecule has 11 heavy (non-hydrogen) atoms. The molecule has 68 valence electrons. The van der Waals surface area contributed by atoms with E-state index in [9.17, 15) is 5.11 Å². The summed E-state index contributed by atoms with van der Waals surface area (Å²) in [6.07, 6.45) is 0.476. The first-order chi connectivity index (χ1) is 4.67. The molecule has 2 nitrogen and oxygen atoms in total. The lowest BCUT2D eigenvalue weighted by atomic mass is 9.72. The molecule has 0 heterocycles. The van der Waals surface area contributed by atoms with Gasteiger partial charge in [-0.25, -0.2) is 0 Å². The predicted molar refractivity (Wildman–Crippen MR) is 48.3 cm³/mol. The molecule has 2 heteroatoms. The third-order valence-electron chi connectivity index (χ3n) is 2.55. The van der Waals surface area contributed by atoms with Crippen molar-refractivity contribution in [3.8, 4) is 0 Å². The van der Waals surface area contributed by atoms with E-state index in [2.05, 4.69) is 13.8 Å². The van der Waals surface area contributed by atoms with Crippen LogP contribution in [0.5, 0.6) is 0 Å². The van der Waals surface area contributed by atoms with Crippen LogP contribution in [0.4, 0.5) is 0 Å². The zero-order valence-electron chi connectivity index (χ0n) is 8.31. The highest BCUT2D eigenvalue weighted by Gasteiger charge is 2.33. The summed E-state index contributed by atoms with van der Waals surface area (Å²) in [6, 6.07) is 0. The highest BCUT2D eigenvalue weighted by Crippen LogP contribution is 2.32. The van der Waals surface area contributed by atoms with Crippen LogP contribution >= 0.6 is 0 Å². The predicted octanol–water partition coefficient (Wildman–Crippen LogP) is 1.52. The van der Waals surface area contributed by atoms with Gasteiger partial charge in [-0.3, -0.25) is 0 Å². The van der Waals surface area contributed by atoms with Crippen molar-refractivity contribution in [3.05, 3.63) is 0 Å². The Morgan fingerprint density at radius 2 is 1.64 bits per heavy atom. The van der Waals surface area contributed by atoms with Gasteiger partial charge in [0.15, 0.2) is 0 Å². The number of aliphatic hydroxyl groups excluding tert-OH is 1. The Balaban J connectivity index is 4.22. The Hall–Kier alpha value is -0.0800. The lowest BCUT2D eigenvalue weighted by molar-refractivity contribution is 0.0870. The molecule has 0 rings (SSSR count). The van der Waals surface area contributed by atoms with E-state index < -0.39 is 0 Å². The van der Waals surface area contributed by atoms with Crippen LogP contribution in [-0.4, -0.2) is 16.7 Å². The Morgan fingerprint density at radius 1 is 1.27 bits per heavy atom. The molecule has 3 N–H and O–H groups in total. The van der Waals surface area contributed by atoms with Crippen molar-refractivity contribution in [1.29, 1.82) is 0 Å². The van der Waals surface area contributed by atoms with Gasteiger partial charge < -0.3 is 10.8 Å². The summed E-state index contributed by atoms with van der Waals surface area (Å²) in [5, 5.41) is 9.20. The molecule has 0 bridgehead atoms. The minimum Gasteiger partial charge on any atom is -0.393 e. The quantitative estimate of drug-likeness (QED) is 0.656. The van der Waals surface area contributed by atoms with Gasteiger partial charge in [0.2, 0.25) is 0 Å². The molecule has 0 aromatic rings. The van der Waals surface area contributed by atoms with Crippen LogP contribution in [0.2, 0.25) is 0 Å². The fraction of sp³-hybridized carbons (Fsp3) is 1.00. The highest BCUT2D eigenvalue weighted by atomic mass is 16.3. The van der Waals surface area contributed by atoms with E-state index in [1.165, 1.54) is 0 Å². The first kappa shape index (κ1) is 10.9. The first-order valence-electron chi connectivity index (χ1n) is 4.14. The van der Waals surface area contributed by atoms with Crippen molar-refractivity contribution in [3.63, 3.8) is 0 Å². The molecular weight excluding hydrogens is 138 g/mol. The number of hydrogen-bond donors (Lipinski definition) is 2. The fourth-order valence-electron chi connectivity index (χ4n) is 1.00. The summed E-state index contributed by atoms with van der Waals surface area (Å²) in [5.41, 5.74) is 5.71. The molecule has 0 saturated heterocycles. The van der Waals surface area contributed by atoms with Crippen LogP contribution in [0.1, 0.15) is 41.0 Å². The smallest absolute Gasteiger partial charge is 0.0517 e. The molecule has 0 fully saturated rings. The van der Waals surface area contributed by atoms with Gasteiger partial charge >= 0.3 is 0 Å². The van der Waals surface area contributed by atoms with E-state index in [1.807, 2.05) is 13.8 Å². The molecule has 0 radical (unpaired) electrons. The molecule has 1 atom stereocenters. The Bertz CT molecular complexity index is 122. The summed E-state index contributed by atoms with van der Waals surface area (Å²) < 4.78 is 0. The third kappa shape index (κ3) is 3.21. The number of hydrogen-bond acceptors (Lipinski definition) is 2. The second-order valence-electron chi connectivity index (χ2n) is 4.66. The monoisotopic (exact) mass is 159 g/mol. The maximum atomic E-state index is 9.20. The molecule has 0 amide bonds. The van der Waals surface area contributed by atoms with Crippen LogP contribution in [0.15, 0.2) is 0 Å². The van der Waals surface area contributed by atoms with E-state index in [1.54, 1.807) is 6.92 Å². The minimum atomic E-state index is -0.271. The molecule has 0 aliphatic rings. The summed E-state index contributed by atoms with van der Waals surface area (Å²) in [7, 11) is 0. The molecule has 0 aliphatic heterocycles. The van der Waals surface area contributed by atoms with Crippen molar-refractivity contribution in [1.82, 2.24) is 0 Å². The zero-order chi connectivity index (χ0) is 9.28. The molecule has 0 spiro atoms. The van der Waals surface area contributed by atoms with Gasteiger partial charge in [0.05, 0.1) is 6.10 Å². The number of aliphatic hydroxyl groups is 1. The van der Waals surface area contributed by atoms with Crippen LogP contribution in [-0.2, 0) is 0 Å². The van der Waals surface area contributed by atoms with Crippen molar-refractivity contribution in [2.75, 3.05) is 0 Å². The van der Waals surface area contributed by atoms with E-state index in [0.29, 0.717) is 0 Å². The average molecular weight is 159 g/mol. The lowest BCUT2D eigenvalue weighted by Gasteiger charge is -2.39. The van der Waals surface area contributed by atoms with Gasteiger partial charge in [0, 0.05) is 5.54 Å². The van der Waals surface area contributed by atoms with Gasteiger partial charge in [0.25, 0.3) is 0 Å². The van der Waals surface area contributed by atoms with Crippen LogP contribution in [0, 0.1) is 5.41 Å². The maximum Gasteiger partial charge on any atom is 0.0517 e. The summed E-state index contributed by atoms with van der Waals surface area (Å²) >= 11 is 0. The number of rotatable bonds is 3. The second-order valence-corrected chi connectivity index (χ2v) is 4.66. The topological polar surface area (TPSA) is 46.2 Å². The highest BCUT2D eigenvalue weighted by molar-refractivity contribution is 4.90. The summed E-state index contributed by atoms with van der Waals surface area (Å²) in [6.45, 7) is 9.96. The van der Waals surface area contributed by atoms with E-state index in [4.69, 9.17) is 5.73 Å². The largest absolute Gasteiger partial charge is 0.393 e. The Morgan fingerprint density at radius 3 is 1.73 bits per heavy atom. The Kier molecular flexibility index (Phi) is 3.09. The van der Waals surface area contributed by atoms with E-state index in [0.717, 1.165) is 6.42 Å². The first-order valence-corrected chi connectivity index (χ1v) is 4.14. The van der Waals surface area contributed by atoms with Crippen molar-refractivity contribution in [2.24, 2.45) is 11.1 Å². The Labute approximate surface area is 69.8 Å². The van der Waals surface area contributed by atoms with Gasteiger partial charge in [0.1, 0.15) is 0 Å². The fourth-order valence-corrected chi connectivity index (χ4v) is 1.00. The summed E-state index contributed by atoms with van der Waals surface area (Å²) in [5.74, 6) is 0. The molecule has 0 aliphatic carbocycles. The van der Waals surface area contributed by atoms with Crippen molar-refractivity contribution >= 4 is 0 Å². The van der Waals surface area contributed by atoms with Crippen LogP contribution in [0.25, 0.3) is 0 Å². The van der Waals surface area contributed by atoms with Crippen LogP contribution in [0.3, 0.4) is 0 Å². The van der Waals surface area contributed by atoms with Crippen molar-refractivity contribution in [2.45, 2.75) is 52.7 Å². The molecule has 1 unspecified atom stereocenters. The maximum absolute atomic E-state index is 9.20. The van der Waals surface area contributed by atoms with E-state index >= 15 is 0 Å². The molecular formula is C9H21NO. The molecule has 0 aromatic carbocycles. The lowest BCUT2D eigenvalue weighted by Crippen LogP contribution is -2.48. The third-order valence-corrected chi connectivity index (χ3v) is 2.55. The van der Waals surface area contributed by atoms with E-state index in [-0.39, 0.29) is 17.1 Å². The van der Waals surface area contributed by atoms with Gasteiger partial charge in [-0.2, -0.15) is 0 Å². The normalized spacial score (nSPS) is 16.6. The zero-order valence-corrected chi connectivity index (χ0v) is 8.31. The molecule has 0 aromatic heterocycles. The van der Waals surface area contributed by atoms with Gasteiger partial charge in [-0.1, -0.05) is 13.8 Å². The summed E-state index contributed by atoms with van der Waals surface area (Å²) in [4.78, 5) is 0. The number of nitrogens with two attached hydrogens (primary N) is 1. The second kappa shape index (κ2) is 3.11. The SMILES string of the molecule is CC(O)CC(C)(C)C(C)(C)N. The van der Waals surface area contributed by atoms with Gasteiger partial charge in [-0.05, 0) is 32.6 Å². The van der Waals surface area contributed by atoms with Crippen LogP contribution < -0.4 is 5.73 Å². The standard InChI is InChI=1S/C9H21NO/c1-7(11)6-8(2,3)9(4,5)10/h7,11H,6,10H2,1-5H3. The van der Waals surface area contributed by atoms with Crippen molar-refractivity contribution < 1.29 is 5.11 Å². The minimum absolute atomic E-state index is 0.0127. The van der Waals surface area contributed by atoms with Gasteiger partial charge in [-0.15, -0.1) is 0 Å². The average Bonchev–Trinajstić information content (AvgIpc) is 1.56.